The average molecular weight is 408 g/mol. The van der Waals surface area contributed by atoms with Gasteiger partial charge >= 0.3 is 0 Å². The van der Waals surface area contributed by atoms with E-state index in [-0.39, 0.29) is 11.6 Å². The molecule has 2 aliphatic heterocycles. The number of nitrogens with zero attached hydrogens (tertiary/aromatic N) is 3. The van der Waals surface area contributed by atoms with Crippen LogP contribution < -0.4 is 10.6 Å². The summed E-state index contributed by atoms with van der Waals surface area (Å²) in [4.78, 5) is 9.32. The second-order valence-electron chi connectivity index (χ2n) is 8.33. The summed E-state index contributed by atoms with van der Waals surface area (Å²) >= 11 is 0. The molecule has 0 radical (unpaired) electrons. The van der Waals surface area contributed by atoms with E-state index in [9.17, 15) is 0 Å². The molecule has 164 valence electrons. The Balaban J connectivity index is 1.56. The molecule has 2 fully saturated rings. The van der Waals surface area contributed by atoms with Crippen LogP contribution in [0.3, 0.4) is 0 Å². The first-order chi connectivity index (χ1) is 14.0. The number of morpholine rings is 2. The molecule has 2 saturated heterocycles. The number of hydrogen-bond donors (Lipinski definition) is 2. The lowest BCUT2D eigenvalue weighted by atomic mass is 10.0. The van der Waals surface area contributed by atoms with Gasteiger partial charge in [-0.2, -0.15) is 0 Å². The van der Waals surface area contributed by atoms with Crippen LogP contribution >= 0.6 is 0 Å². The standard InChI is InChI=1S/C21H37N5O3/c1-17-5-6-19(29-17)18(25-7-11-27-12-8-25)15-23-20(22-4)24-16-21(2,3)26-9-13-28-14-10-26/h5-6,18H,7-16H2,1-4H3,(H2,22,23,24). The van der Waals surface area contributed by atoms with Gasteiger partial charge in [-0.25, -0.2) is 0 Å². The highest BCUT2D eigenvalue weighted by Crippen LogP contribution is 2.23. The first kappa shape index (κ1) is 22.1. The maximum Gasteiger partial charge on any atom is 0.191 e. The van der Waals surface area contributed by atoms with Gasteiger partial charge in [-0.15, -0.1) is 0 Å². The second-order valence-corrected chi connectivity index (χ2v) is 8.33. The molecule has 0 amide bonds. The quantitative estimate of drug-likeness (QED) is 0.520. The molecule has 1 aromatic heterocycles. The van der Waals surface area contributed by atoms with Gasteiger partial charge in [0.15, 0.2) is 5.96 Å². The number of nitrogens with one attached hydrogen (secondary N) is 2. The number of furan rings is 1. The lowest BCUT2D eigenvalue weighted by Gasteiger charge is -2.41. The van der Waals surface area contributed by atoms with E-state index in [1.165, 1.54) is 0 Å². The minimum Gasteiger partial charge on any atom is -0.465 e. The molecule has 0 spiro atoms. The van der Waals surface area contributed by atoms with Crippen LogP contribution in [0, 0.1) is 6.92 Å². The van der Waals surface area contributed by atoms with Crippen LogP contribution in [0.25, 0.3) is 0 Å². The lowest BCUT2D eigenvalue weighted by Crippen LogP contribution is -2.57. The topological polar surface area (TPSA) is 74.5 Å². The van der Waals surface area contributed by atoms with Crippen LogP contribution in [0.2, 0.25) is 0 Å². The third-order valence-electron chi connectivity index (χ3n) is 5.82. The molecule has 29 heavy (non-hydrogen) atoms. The van der Waals surface area contributed by atoms with Gasteiger partial charge in [-0.05, 0) is 32.9 Å². The van der Waals surface area contributed by atoms with E-state index in [0.29, 0.717) is 0 Å². The van der Waals surface area contributed by atoms with E-state index in [0.717, 1.165) is 83.2 Å². The van der Waals surface area contributed by atoms with E-state index in [1.807, 2.05) is 20.0 Å². The van der Waals surface area contributed by atoms with Crippen molar-refractivity contribution in [3.63, 3.8) is 0 Å². The van der Waals surface area contributed by atoms with Crippen molar-refractivity contribution in [3.05, 3.63) is 23.7 Å². The monoisotopic (exact) mass is 407 g/mol. The highest BCUT2D eigenvalue weighted by Gasteiger charge is 2.29. The Morgan fingerprint density at radius 1 is 1.07 bits per heavy atom. The van der Waals surface area contributed by atoms with Gasteiger partial charge in [0.2, 0.25) is 0 Å². The number of ether oxygens (including phenoxy) is 2. The Hall–Kier alpha value is -1.61. The molecule has 1 atom stereocenters. The number of aryl methyl sites for hydroxylation is 1. The third kappa shape index (κ3) is 6.18. The maximum absolute atomic E-state index is 5.96. The van der Waals surface area contributed by atoms with Crippen LogP contribution in [-0.2, 0) is 9.47 Å². The first-order valence-electron chi connectivity index (χ1n) is 10.6. The molecule has 1 aromatic rings. The van der Waals surface area contributed by atoms with E-state index < -0.39 is 0 Å². The predicted octanol–water partition coefficient (Wildman–Crippen LogP) is 1.24. The van der Waals surface area contributed by atoms with Crippen molar-refractivity contribution in [1.82, 2.24) is 20.4 Å². The summed E-state index contributed by atoms with van der Waals surface area (Å²) in [5.41, 5.74) is 0.0309. The fourth-order valence-electron chi connectivity index (χ4n) is 3.93. The molecule has 0 aliphatic carbocycles. The minimum absolute atomic E-state index is 0.0309. The number of rotatable bonds is 7. The van der Waals surface area contributed by atoms with Gasteiger partial charge in [-0.3, -0.25) is 14.8 Å². The van der Waals surface area contributed by atoms with Crippen LogP contribution in [0.15, 0.2) is 21.5 Å². The maximum atomic E-state index is 5.96. The Bertz CT molecular complexity index is 648. The molecule has 0 bridgehead atoms. The van der Waals surface area contributed by atoms with Crippen molar-refractivity contribution in [3.8, 4) is 0 Å². The summed E-state index contributed by atoms with van der Waals surface area (Å²) in [6.45, 7) is 14.9. The molecule has 2 N–H and O–H groups in total. The normalized spacial score (nSPS) is 21.2. The van der Waals surface area contributed by atoms with Gasteiger partial charge < -0.3 is 24.5 Å². The largest absolute Gasteiger partial charge is 0.465 e. The molecule has 2 aliphatic rings. The van der Waals surface area contributed by atoms with Crippen LogP contribution in [-0.4, -0.2) is 94.0 Å². The summed E-state index contributed by atoms with van der Waals surface area (Å²) in [5.74, 6) is 2.74. The van der Waals surface area contributed by atoms with E-state index in [2.05, 4.69) is 45.3 Å². The molecule has 3 rings (SSSR count). The van der Waals surface area contributed by atoms with Crippen LogP contribution in [0.1, 0.15) is 31.4 Å². The summed E-state index contributed by atoms with van der Waals surface area (Å²) in [6.07, 6.45) is 0. The number of aliphatic imine (C=N–C) groups is 1. The van der Waals surface area contributed by atoms with Crippen molar-refractivity contribution >= 4 is 5.96 Å². The highest BCUT2D eigenvalue weighted by atomic mass is 16.5. The van der Waals surface area contributed by atoms with E-state index >= 15 is 0 Å². The van der Waals surface area contributed by atoms with Crippen LogP contribution in [0.5, 0.6) is 0 Å². The van der Waals surface area contributed by atoms with Crippen molar-refractivity contribution in [2.45, 2.75) is 32.4 Å². The van der Waals surface area contributed by atoms with E-state index in [4.69, 9.17) is 13.9 Å². The zero-order chi connectivity index (χ0) is 20.7. The molecule has 0 saturated carbocycles. The van der Waals surface area contributed by atoms with Gasteiger partial charge in [-0.1, -0.05) is 0 Å². The molecule has 0 aromatic carbocycles. The smallest absolute Gasteiger partial charge is 0.191 e. The summed E-state index contributed by atoms with van der Waals surface area (Å²) in [7, 11) is 1.82. The molecular formula is C21H37N5O3. The molecule has 3 heterocycles. The Labute approximate surface area is 174 Å². The predicted molar refractivity (Wildman–Crippen MR) is 114 cm³/mol. The Morgan fingerprint density at radius 3 is 2.31 bits per heavy atom. The molecular weight excluding hydrogens is 370 g/mol. The third-order valence-corrected chi connectivity index (χ3v) is 5.82. The van der Waals surface area contributed by atoms with Gasteiger partial charge in [0.25, 0.3) is 0 Å². The summed E-state index contributed by atoms with van der Waals surface area (Å²) < 4.78 is 17.0. The average Bonchev–Trinajstić information content (AvgIpc) is 3.18. The second kappa shape index (κ2) is 10.4. The summed E-state index contributed by atoms with van der Waals surface area (Å²) in [5, 5.41) is 7.01. The van der Waals surface area contributed by atoms with Crippen molar-refractivity contribution < 1.29 is 13.9 Å². The van der Waals surface area contributed by atoms with Gasteiger partial charge in [0.1, 0.15) is 11.5 Å². The van der Waals surface area contributed by atoms with E-state index in [1.54, 1.807) is 0 Å². The fraction of sp³-hybridized carbons (Fsp3) is 0.762. The summed E-state index contributed by atoms with van der Waals surface area (Å²) in [6, 6.07) is 4.26. The Morgan fingerprint density at radius 2 is 1.72 bits per heavy atom. The van der Waals surface area contributed by atoms with Gasteiger partial charge in [0.05, 0.1) is 32.5 Å². The number of guanidine groups is 1. The zero-order valence-corrected chi connectivity index (χ0v) is 18.4. The first-order valence-corrected chi connectivity index (χ1v) is 10.6. The highest BCUT2D eigenvalue weighted by molar-refractivity contribution is 5.79. The van der Waals surface area contributed by atoms with Gasteiger partial charge in [0, 0.05) is 51.9 Å². The van der Waals surface area contributed by atoms with Crippen molar-refractivity contribution in [1.29, 1.82) is 0 Å². The molecule has 8 heteroatoms. The molecule has 1 unspecified atom stereocenters. The molecule has 8 nitrogen and oxygen atoms in total. The fourth-order valence-corrected chi connectivity index (χ4v) is 3.93. The lowest BCUT2D eigenvalue weighted by molar-refractivity contribution is -0.00837. The zero-order valence-electron chi connectivity index (χ0n) is 18.4. The number of hydrogen-bond acceptors (Lipinski definition) is 6. The van der Waals surface area contributed by atoms with Crippen molar-refractivity contribution in [2.24, 2.45) is 4.99 Å². The Kier molecular flexibility index (Phi) is 7.94. The van der Waals surface area contributed by atoms with Crippen LogP contribution in [0.4, 0.5) is 0 Å². The minimum atomic E-state index is 0.0309. The van der Waals surface area contributed by atoms with Crippen molar-refractivity contribution in [2.75, 3.05) is 72.7 Å². The SMILES string of the molecule is CN=C(NCC(c1ccc(C)o1)N1CCOCC1)NCC(C)(C)N1CCOCC1.